The molecule has 1 aliphatic rings. The molecule has 1 rings (SSSR count). The molecule has 0 amide bonds. The van der Waals surface area contributed by atoms with Gasteiger partial charge in [0.1, 0.15) is 0 Å². The number of hydrogen-bond donors (Lipinski definition) is 0. The van der Waals surface area contributed by atoms with E-state index in [1.807, 2.05) is 0 Å². The molecule has 48 valence electrons. The summed E-state index contributed by atoms with van der Waals surface area (Å²) in [6.45, 7) is 0. The highest BCUT2D eigenvalue weighted by Gasteiger charge is 2.32. The van der Waals surface area contributed by atoms with Gasteiger partial charge in [-0.3, -0.25) is 0 Å². The molecular weight excluding hydrogens is 176 g/mol. The Labute approximate surface area is 52.0 Å². The Bertz CT molecular complexity index is 198. The van der Waals surface area contributed by atoms with Crippen molar-refractivity contribution >= 4 is 31.6 Å². The predicted molar refractivity (Wildman–Crippen MR) is 26.8 cm³/mol. The van der Waals surface area contributed by atoms with Crippen LogP contribution >= 0.6 is 12.3 Å². The lowest BCUT2D eigenvalue weighted by Crippen LogP contribution is -1.99. The van der Waals surface area contributed by atoms with Gasteiger partial charge in [0.15, 0.2) is 12.3 Å². The molecule has 0 aromatic heterocycles. The molecule has 8 heteroatoms. The second-order valence-electron chi connectivity index (χ2n) is 0.816. The van der Waals surface area contributed by atoms with Crippen LogP contribution in [0.1, 0.15) is 0 Å². The fourth-order valence-corrected chi connectivity index (χ4v) is 2.76. The molecule has 0 spiro atoms. The van der Waals surface area contributed by atoms with Crippen molar-refractivity contribution < 1.29 is 19.9 Å². The van der Waals surface area contributed by atoms with Gasteiger partial charge in [-0.25, -0.2) is 4.21 Å². The lowest BCUT2D eigenvalue weighted by Gasteiger charge is -1.76. The molecule has 0 aromatic rings. The van der Waals surface area contributed by atoms with Gasteiger partial charge in [-0.1, -0.05) is 0 Å². The van der Waals surface area contributed by atoms with Gasteiger partial charge in [-0.15, -0.1) is 0 Å². The van der Waals surface area contributed by atoms with Crippen LogP contribution in [0.2, 0.25) is 0 Å². The lowest BCUT2D eigenvalue weighted by molar-refractivity contribution is 0.534. The van der Waals surface area contributed by atoms with Gasteiger partial charge in [0.2, 0.25) is 0 Å². The summed E-state index contributed by atoms with van der Waals surface area (Å²) in [5.41, 5.74) is 0. The third kappa shape index (κ3) is 1.03. The first-order valence-corrected chi connectivity index (χ1v) is 5.00. The number of rotatable bonds is 0. The average Bonchev–Trinajstić information content (AvgIpc) is 1.86. The molecule has 1 unspecified atom stereocenters. The van der Waals surface area contributed by atoms with Crippen LogP contribution in [0.15, 0.2) is 0 Å². The van der Waals surface area contributed by atoms with Crippen LogP contribution in [0, 0.1) is 0 Å². The fraction of sp³-hybridized carbons (Fsp3) is 0. The molecule has 1 fully saturated rings. The van der Waals surface area contributed by atoms with E-state index in [9.17, 15) is 12.6 Å². The highest BCUT2D eigenvalue weighted by molar-refractivity contribution is 8.64. The zero-order valence-corrected chi connectivity index (χ0v) is 5.72. The summed E-state index contributed by atoms with van der Waals surface area (Å²) in [7, 11) is -6.23. The molecule has 0 aromatic carbocycles. The second-order valence-corrected chi connectivity index (χ2v) is 5.31. The van der Waals surface area contributed by atoms with Gasteiger partial charge < -0.3 is 0 Å². The summed E-state index contributed by atoms with van der Waals surface area (Å²) < 4.78 is 38.0. The van der Waals surface area contributed by atoms with Crippen LogP contribution in [-0.2, 0) is 26.5 Å². The van der Waals surface area contributed by atoms with Crippen LogP contribution in [-0.4, -0.2) is 12.6 Å². The van der Waals surface area contributed by atoms with E-state index in [1.165, 1.54) is 0 Å². The van der Waals surface area contributed by atoms with Crippen molar-refractivity contribution in [2.45, 2.75) is 0 Å². The minimum Gasteiger partial charge on any atom is -0.209 e. The van der Waals surface area contributed by atoms with Crippen molar-refractivity contribution in [3.05, 3.63) is 0 Å². The molecular formula is O5S3. The average molecular weight is 176 g/mol. The minimum atomic E-state index is -3.91. The molecule has 1 atom stereocenters. The Morgan fingerprint density at radius 1 is 1.50 bits per heavy atom. The highest BCUT2D eigenvalue weighted by Crippen LogP contribution is 2.24. The molecule has 5 nitrogen and oxygen atoms in total. The molecule has 0 aliphatic carbocycles. The molecule has 8 heavy (non-hydrogen) atoms. The van der Waals surface area contributed by atoms with Crippen LogP contribution in [0.3, 0.4) is 0 Å². The van der Waals surface area contributed by atoms with Crippen LogP contribution in [0.5, 0.6) is 0 Å². The van der Waals surface area contributed by atoms with E-state index < -0.39 is 19.3 Å². The summed E-state index contributed by atoms with van der Waals surface area (Å²) in [5.74, 6) is 0. The molecule has 0 bridgehead atoms. The largest absolute Gasteiger partial charge is 0.389 e. The Morgan fingerprint density at radius 2 is 2.12 bits per heavy atom. The van der Waals surface area contributed by atoms with Gasteiger partial charge in [-0.2, -0.15) is 15.7 Å². The molecule has 1 aliphatic heterocycles. The van der Waals surface area contributed by atoms with Crippen molar-refractivity contribution in [3.8, 4) is 0 Å². The highest BCUT2D eigenvalue weighted by atomic mass is 33.2. The van der Waals surface area contributed by atoms with E-state index in [0.717, 1.165) is 0 Å². The zero-order chi connectivity index (χ0) is 6.20. The van der Waals surface area contributed by atoms with Gasteiger partial charge >= 0.3 is 19.3 Å². The molecule has 0 saturated carbocycles. The summed E-state index contributed by atoms with van der Waals surface area (Å²) in [5, 5.41) is 0. The predicted octanol–water partition coefficient (Wildman–Crippen LogP) is -0.495. The quantitative estimate of drug-likeness (QED) is 0.366. The zero-order valence-electron chi connectivity index (χ0n) is 3.27. The lowest BCUT2D eigenvalue weighted by atomic mass is 15.8. The van der Waals surface area contributed by atoms with Gasteiger partial charge in [0.25, 0.3) is 0 Å². The molecule has 1 heterocycles. The van der Waals surface area contributed by atoms with Crippen molar-refractivity contribution in [1.29, 1.82) is 0 Å². The van der Waals surface area contributed by atoms with Crippen LogP contribution < -0.4 is 0 Å². The molecule has 1 saturated heterocycles. The Hall–Kier alpha value is 0.370. The van der Waals surface area contributed by atoms with Gasteiger partial charge in [-0.05, 0) is 0 Å². The summed E-state index contributed by atoms with van der Waals surface area (Å²) in [4.78, 5) is 0. The van der Waals surface area contributed by atoms with Crippen molar-refractivity contribution in [1.82, 2.24) is 0 Å². The van der Waals surface area contributed by atoms with E-state index in [-0.39, 0.29) is 12.3 Å². The van der Waals surface area contributed by atoms with E-state index in [4.69, 9.17) is 0 Å². The van der Waals surface area contributed by atoms with Crippen molar-refractivity contribution in [2.75, 3.05) is 0 Å². The fourth-order valence-electron chi connectivity index (χ4n) is 0.125. The number of hydrogen-bond acceptors (Lipinski definition) is 6. The third-order valence-corrected chi connectivity index (χ3v) is 4.25. The summed E-state index contributed by atoms with van der Waals surface area (Å²) >= 11 is 0.201. The summed E-state index contributed by atoms with van der Waals surface area (Å²) in [6, 6.07) is 0. The molecule has 0 radical (unpaired) electrons. The first kappa shape index (κ1) is 6.49. The molecule has 0 N–H and O–H groups in total. The van der Waals surface area contributed by atoms with E-state index in [1.54, 1.807) is 0 Å². The maximum atomic E-state index is 10.1. The topological polar surface area (TPSA) is 69.7 Å². The SMILES string of the molecule is O=S1OSOS1(=O)=O. The van der Waals surface area contributed by atoms with E-state index >= 15 is 0 Å². The maximum Gasteiger partial charge on any atom is 0.389 e. The monoisotopic (exact) mass is 176 g/mol. The van der Waals surface area contributed by atoms with E-state index in [2.05, 4.69) is 7.26 Å². The standard InChI is InChI=1S/O5S3/c1-7-4-6-5-8(7,2)3. The van der Waals surface area contributed by atoms with Crippen molar-refractivity contribution in [3.63, 3.8) is 0 Å². The maximum absolute atomic E-state index is 10.1. The third-order valence-electron chi connectivity index (χ3n) is 0.361. The summed E-state index contributed by atoms with van der Waals surface area (Å²) in [6.07, 6.45) is 0. The Balaban J connectivity index is 3.02. The second kappa shape index (κ2) is 1.95. The van der Waals surface area contributed by atoms with Gasteiger partial charge in [0.05, 0.1) is 0 Å². The first-order chi connectivity index (χ1) is 3.63. The smallest absolute Gasteiger partial charge is 0.209 e. The van der Waals surface area contributed by atoms with Crippen LogP contribution in [0.4, 0.5) is 0 Å². The Kier molecular flexibility index (Phi) is 1.59. The van der Waals surface area contributed by atoms with Crippen molar-refractivity contribution in [2.24, 2.45) is 0 Å². The normalized spacial score (nSPS) is 35.2. The minimum absolute atomic E-state index is 0.201. The van der Waals surface area contributed by atoms with Crippen LogP contribution in [0.25, 0.3) is 0 Å². The van der Waals surface area contributed by atoms with E-state index in [0.29, 0.717) is 0 Å². The first-order valence-electron chi connectivity index (χ1n) is 1.33. The Morgan fingerprint density at radius 3 is 2.25 bits per heavy atom. The van der Waals surface area contributed by atoms with Gasteiger partial charge in [0, 0.05) is 0 Å².